The van der Waals surface area contributed by atoms with Gasteiger partial charge in [0.1, 0.15) is 18.1 Å². The van der Waals surface area contributed by atoms with Gasteiger partial charge in [-0.2, -0.15) is 0 Å². The monoisotopic (exact) mass is 324 g/mol. The Bertz CT molecular complexity index is 911. The number of phenols is 1. The molecule has 0 aliphatic heterocycles. The number of ether oxygens (including phenoxy) is 2. The summed E-state index contributed by atoms with van der Waals surface area (Å²) in [6.07, 6.45) is 3.77. The third-order valence-electron chi connectivity index (χ3n) is 3.62. The van der Waals surface area contributed by atoms with E-state index in [-0.39, 0.29) is 0 Å². The minimum atomic E-state index is 0.312. The molecule has 0 fully saturated rings. The van der Waals surface area contributed by atoms with Crippen molar-refractivity contribution in [1.29, 1.82) is 0 Å². The number of H-pyrrole nitrogens is 2. The van der Waals surface area contributed by atoms with Crippen molar-refractivity contribution in [2.75, 3.05) is 20.3 Å². The lowest BCUT2D eigenvalue weighted by atomic mass is 10.2. The smallest absolute Gasteiger partial charge is 0.120 e. The maximum Gasteiger partial charge on any atom is 0.120 e. The van der Waals surface area contributed by atoms with Gasteiger partial charge in [-0.25, -0.2) is 0 Å². The quantitative estimate of drug-likeness (QED) is 0.496. The predicted molar refractivity (Wildman–Crippen MR) is 95.6 cm³/mol. The third kappa shape index (κ3) is 3.88. The van der Waals surface area contributed by atoms with Gasteiger partial charge in [-0.3, -0.25) is 0 Å². The van der Waals surface area contributed by atoms with Gasteiger partial charge in [-0.1, -0.05) is 0 Å². The molecule has 3 N–H and O–H groups in total. The summed E-state index contributed by atoms with van der Waals surface area (Å²) in [7, 11) is 1.67. The van der Waals surface area contributed by atoms with E-state index in [1.165, 1.54) is 5.39 Å². The molecule has 2 aromatic heterocycles. The van der Waals surface area contributed by atoms with Crippen LogP contribution in [0.15, 0.2) is 60.9 Å². The van der Waals surface area contributed by atoms with Crippen molar-refractivity contribution in [2.45, 2.75) is 0 Å². The van der Waals surface area contributed by atoms with Crippen LogP contribution in [-0.4, -0.2) is 35.4 Å². The van der Waals surface area contributed by atoms with Crippen LogP contribution in [0.3, 0.4) is 0 Å². The van der Waals surface area contributed by atoms with Crippen LogP contribution in [0.5, 0.6) is 11.5 Å². The van der Waals surface area contributed by atoms with Gasteiger partial charge in [0.15, 0.2) is 0 Å². The highest BCUT2D eigenvalue weighted by Crippen LogP contribution is 2.19. The second-order valence-electron chi connectivity index (χ2n) is 5.32. The Kier molecular flexibility index (Phi) is 5.03. The van der Waals surface area contributed by atoms with Gasteiger partial charge >= 0.3 is 0 Å². The molecule has 24 heavy (non-hydrogen) atoms. The van der Waals surface area contributed by atoms with Crippen molar-refractivity contribution in [3.05, 3.63) is 60.9 Å². The number of methoxy groups -OCH3 is 1. The lowest BCUT2D eigenvalue weighted by Gasteiger charge is -2.04. The molecule has 0 aliphatic rings. The largest absolute Gasteiger partial charge is 0.508 e. The van der Waals surface area contributed by atoms with Gasteiger partial charge in [0.25, 0.3) is 0 Å². The molecule has 0 radical (unpaired) electrons. The Hall–Kier alpha value is -2.92. The summed E-state index contributed by atoms with van der Waals surface area (Å²) in [6, 6.07) is 15.2. The van der Waals surface area contributed by atoms with E-state index in [1.54, 1.807) is 19.2 Å². The maximum absolute atomic E-state index is 9.03. The molecule has 0 amide bonds. The predicted octanol–water partition coefficient (Wildman–Crippen LogP) is 4.07. The summed E-state index contributed by atoms with van der Waals surface area (Å²) >= 11 is 0. The van der Waals surface area contributed by atoms with Gasteiger partial charge in [0, 0.05) is 41.3 Å². The summed E-state index contributed by atoms with van der Waals surface area (Å²) in [5, 5.41) is 11.2. The van der Waals surface area contributed by atoms with Crippen molar-refractivity contribution in [1.82, 2.24) is 9.97 Å². The number of hydrogen-bond donors (Lipinski definition) is 3. The topological polar surface area (TPSA) is 70.3 Å². The molecule has 0 saturated heterocycles. The molecule has 5 nitrogen and oxygen atoms in total. The van der Waals surface area contributed by atoms with Crippen LogP contribution in [0.1, 0.15) is 0 Å². The number of rotatable bonds is 4. The van der Waals surface area contributed by atoms with E-state index in [9.17, 15) is 0 Å². The van der Waals surface area contributed by atoms with Crippen LogP contribution < -0.4 is 4.74 Å². The molecular weight excluding hydrogens is 304 g/mol. The molecule has 0 unspecified atom stereocenters. The highest BCUT2D eigenvalue weighted by Gasteiger charge is 1.97. The van der Waals surface area contributed by atoms with Crippen LogP contribution in [0.4, 0.5) is 0 Å². The molecular formula is C19H20N2O3. The number of aromatic nitrogens is 2. The van der Waals surface area contributed by atoms with E-state index < -0.39 is 0 Å². The van der Waals surface area contributed by atoms with E-state index in [1.807, 2.05) is 48.8 Å². The fourth-order valence-corrected chi connectivity index (χ4v) is 2.40. The molecule has 4 rings (SSSR count). The average molecular weight is 324 g/mol. The maximum atomic E-state index is 9.03. The Labute approximate surface area is 139 Å². The normalized spacial score (nSPS) is 10.5. The lowest BCUT2D eigenvalue weighted by Crippen LogP contribution is -2.03. The molecule has 0 spiro atoms. The Morgan fingerprint density at radius 1 is 0.833 bits per heavy atom. The molecule has 2 heterocycles. The average Bonchev–Trinajstić information content (AvgIpc) is 3.23. The van der Waals surface area contributed by atoms with Crippen LogP contribution >= 0.6 is 0 Å². The molecule has 0 saturated carbocycles. The first kappa shape index (κ1) is 16.0. The Balaban J connectivity index is 0.000000149. The van der Waals surface area contributed by atoms with Crippen molar-refractivity contribution in [3.63, 3.8) is 0 Å². The zero-order chi connectivity index (χ0) is 16.8. The first-order valence-corrected chi connectivity index (χ1v) is 7.71. The van der Waals surface area contributed by atoms with Crippen molar-refractivity contribution in [2.24, 2.45) is 0 Å². The second-order valence-corrected chi connectivity index (χ2v) is 5.32. The van der Waals surface area contributed by atoms with E-state index in [0.717, 1.165) is 22.2 Å². The van der Waals surface area contributed by atoms with Crippen molar-refractivity contribution < 1.29 is 14.6 Å². The van der Waals surface area contributed by atoms with Gasteiger partial charge in [-0.15, -0.1) is 0 Å². The number of hydrogen-bond acceptors (Lipinski definition) is 3. The Morgan fingerprint density at radius 3 is 2.21 bits per heavy atom. The zero-order valence-electron chi connectivity index (χ0n) is 13.5. The van der Waals surface area contributed by atoms with Crippen molar-refractivity contribution in [3.8, 4) is 11.5 Å². The minimum Gasteiger partial charge on any atom is -0.508 e. The molecule has 5 heteroatoms. The highest BCUT2D eigenvalue weighted by atomic mass is 16.5. The number of aromatic amines is 2. The first-order chi connectivity index (χ1) is 11.8. The zero-order valence-corrected chi connectivity index (χ0v) is 13.5. The van der Waals surface area contributed by atoms with Crippen LogP contribution in [0.2, 0.25) is 0 Å². The van der Waals surface area contributed by atoms with Crippen LogP contribution in [0, 0.1) is 0 Å². The second kappa shape index (κ2) is 7.57. The number of benzene rings is 2. The third-order valence-corrected chi connectivity index (χ3v) is 3.62. The van der Waals surface area contributed by atoms with Gasteiger partial charge in [0.05, 0.1) is 6.61 Å². The fraction of sp³-hybridized carbons (Fsp3) is 0.158. The summed E-state index contributed by atoms with van der Waals surface area (Å²) in [5.41, 5.74) is 2.18. The lowest BCUT2D eigenvalue weighted by molar-refractivity contribution is 0.146. The van der Waals surface area contributed by atoms with Crippen LogP contribution in [0.25, 0.3) is 21.8 Å². The van der Waals surface area contributed by atoms with Gasteiger partial charge in [0.2, 0.25) is 0 Å². The van der Waals surface area contributed by atoms with E-state index in [2.05, 4.69) is 9.97 Å². The summed E-state index contributed by atoms with van der Waals surface area (Å²) in [6.45, 7) is 1.21. The van der Waals surface area contributed by atoms with Gasteiger partial charge in [-0.05, 0) is 48.5 Å². The molecule has 2 aromatic carbocycles. The van der Waals surface area contributed by atoms with Crippen LogP contribution in [-0.2, 0) is 4.74 Å². The number of nitrogens with one attached hydrogen (secondary N) is 2. The minimum absolute atomic E-state index is 0.312. The molecule has 0 bridgehead atoms. The number of aromatic hydroxyl groups is 1. The highest BCUT2D eigenvalue weighted by molar-refractivity contribution is 5.81. The number of phenolic OH excluding ortho intramolecular Hbond substituents is 1. The summed E-state index contributed by atoms with van der Waals surface area (Å²) in [4.78, 5) is 6.17. The standard InChI is InChI=1S/C11H13NO2.C8H7NO/c1-13-6-7-14-10-2-3-11-9(8-10)4-5-12-11;10-7-1-2-8-6(5-7)3-4-9-8/h2-5,8,12H,6-7H2,1H3;1-5,9-10H. The molecule has 4 aromatic rings. The summed E-state index contributed by atoms with van der Waals surface area (Å²) < 4.78 is 10.4. The van der Waals surface area contributed by atoms with E-state index in [4.69, 9.17) is 14.6 Å². The summed E-state index contributed by atoms with van der Waals surface area (Å²) in [5.74, 6) is 1.20. The Morgan fingerprint density at radius 2 is 1.50 bits per heavy atom. The first-order valence-electron chi connectivity index (χ1n) is 7.71. The number of fused-ring (bicyclic) bond motifs is 2. The molecule has 0 aliphatic carbocycles. The van der Waals surface area contributed by atoms with E-state index in [0.29, 0.717) is 19.0 Å². The van der Waals surface area contributed by atoms with Crippen molar-refractivity contribution >= 4 is 21.8 Å². The molecule has 0 atom stereocenters. The van der Waals surface area contributed by atoms with Gasteiger partial charge < -0.3 is 24.5 Å². The van der Waals surface area contributed by atoms with E-state index >= 15 is 0 Å². The molecule has 124 valence electrons. The fourth-order valence-electron chi connectivity index (χ4n) is 2.40. The SMILES string of the molecule is COCCOc1ccc2[nH]ccc2c1.Oc1ccc2[nH]ccc2c1.